The zero-order valence-corrected chi connectivity index (χ0v) is 37.4. The third-order valence-electron chi connectivity index (χ3n) is 14.3. The van der Waals surface area contributed by atoms with Gasteiger partial charge in [-0.2, -0.15) is 9.97 Å². The number of hydrogen-bond donors (Lipinski definition) is 0. The standard InChI is InChI=1S/C64H41N5/c1-5-20-42(21-6-1)44-24-19-29-48(40-44)68-57-34-17-14-31-51(57)53-38-39-54-52-32-15-18-35-58(52)69(60(54)59(53)68)63-66-61(43-22-7-2-8-23-43)65-62(67-63)45-36-37-50-49-30-13-16-33-55(49)64(56(50)41-45,46-25-9-3-10-26-46)47-27-11-4-12-28-47/h1-41H. The molecule has 0 unspecified atom stereocenters. The molecule has 3 aromatic heterocycles. The number of fused-ring (bicyclic) bond motifs is 10. The van der Waals surface area contributed by atoms with Gasteiger partial charge in [0.1, 0.15) is 0 Å². The molecule has 1 aliphatic carbocycles. The lowest BCUT2D eigenvalue weighted by Gasteiger charge is -2.34. The first-order valence-electron chi connectivity index (χ1n) is 23.5. The fraction of sp³-hybridized carbons (Fsp3) is 0.0156. The second-order valence-corrected chi connectivity index (χ2v) is 17.9. The molecule has 0 saturated carbocycles. The Bertz CT molecular complexity index is 4080. The smallest absolute Gasteiger partial charge is 0.238 e. The number of benzene rings is 10. The van der Waals surface area contributed by atoms with Crippen LogP contribution in [0.1, 0.15) is 22.3 Å². The lowest BCUT2D eigenvalue weighted by Crippen LogP contribution is -2.28. The van der Waals surface area contributed by atoms with Gasteiger partial charge >= 0.3 is 0 Å². The summed E-state index contributed by atoms with van der Waals surface area (Å²) in [6, 6.07) is 89.3. The summed E-state index contributed by atoms with van der Waals surface area (Å²) in [5.41, 5.74) is 16.2. The van der Waals surface area contributed by atoms with Crippen molar-refractivity contribution in [1.82, 2.24) is 24.1 Å². The van der Waals surface area contributed by atoms with Crippen LogP contribution in [-0.4, -0.2) is 24.1 Å². The second-order valence-electron chi connectivity index (χ2n) is 17.9. The average molecular weight is 880 g/mol. The topological polar surface area (TPSA) is 48.5 Å². The zero-order chi connectivity index (χ0) is 45.5. The SMILES string of the molecule is c1ccc(-c2cccc(-n3c4ccccc4c4ccc5c6ccccc6n(-c6nc(-c7ccccc7)nc(-c7ccc8c(c7)C(c7ccccc7)(c7ccccc7)c7ccccc7-8)n6)c5c43)c2)cc1. The van der Waals surface area contributed by atoms with Gasteiger partial charge in [0, 0.05) is 38.4 Å². The molecule has 14 rings (SSSR count). The fourth-order valence-electron chi connectivity index (χ4n) is 11.3. The van der Waals surface area contributed by atoms with Gasteiger partial charge in [0.2, 0.25) is 5.95 Å². The Labute approximate surface area is 398 Å². The van der Waals surface area contributed by atoms with Gasteiger partial charge in [-0.15, -0.1) is 0 Å². The van der Waals surface area contributed by atoms with Crippen molar-refractivity contribution in [3.8, 4) is 56.7 Å². The summed E-state index contributed by atoms with van der Waals surface area (Å²) in [4.78, 5) is 16.4. The Morgan fingerprint density at radius 2 is 0.812 bits per heavy atom. The molecule has 0 atom stereocenters. The third-order valence-corrected chi connectivity index (χ3v) is 14.3. The van der Waals surface area contributed by atoms with Gasteiger partial charge in [-0.3, -0.25) is 4.57 Å². The molecule has 0 N–H and O–H groups in total. The number of hydrogen-bond acceptors (Lipinski definition) is 3. The van der Waals surface area contributed by atoms with Crippen LogP contribution in [0.2, 0.25) is 0 Å². The second kappa shape index (κ2) is 15.4. The maximum atomic E-state index is 5.59. The molecule has 13 aromatic rings. The molecule has 0 fully saturated rings. The van der Waals surface area contributed by atoms with Crippen LogP contribution in [0.25, 0.3) is 100 Å². The maximum absolute atomic E-state index is 5.59. The Morgan fingerprint density at radius 3 is 1.48 bits per heavy atom. The summed E-state index contributed by atoms with van der Waals surface area (Å²) >= 11 is 0. The van der Waals surface area contributed by atoms with Crippen LogP contribution < -0.4 is 0 Å². The van der Waals surface area contributed by atoms with E-state index in [2.05, 4.69) is 240 Å². The highest BCUT2D eigenvalue weighted by Crippen LogP contribution is 2.56. The van der Waals surface area contributed by atoms with Gasteiger partial charge in [0.25, 0.3) is 0 Å². The summed E-state index contributed by atoms with van der Waals surface area (Å²) in [6.45, 7) is 0. The van der Waals surface area contributed by atoms with Crippen molar-refractivity contribution in [3.05, 3.63) is 271 Å². The van der Waals surface area contributed by atoms with E-state index in [4.69, 9.17) is 15.0 Å². The third kappa shape index (κ3) is 5.87. The summed E-state index contributed by atoms with van der Waals surface area (Å²) in [5, 5.41) is 4.58. The van der Waals surface area contributed by atoms with Crippen molar-refractivity contribution < 1.29 is 0 Å². The van der Waals surface area contributed by atoms with Crippen LogP contribution in [0.3, 0.4) is 0 Å². The minimum Gasteiger partial charge on any atom is -0.307 e. The number of para-hydroxylation sites is 2. The van der Waals surface area contributed by atoms with Gasteiger partial charge in [-0.05, 0) is 74.8 Å². The molecule has 0 bridgehead atoms. The van der Waals surface area contributed by atoms with Crippen LogP contribution in [0.4, 0.5) is 0 Å². The van der Waals surface area contributed by atoms with Gasteiger partial charge in [0.15, 0.2) is 11.6 Å². The van der Waals surface area contributed by atoms with Crippen molar-refractivity contribution in [2.24, 2.45) is 0 Å². The zero-order valence-electron chi connectivity index (χ0n) is 37.4. The minimum atomic E-state index is -0.577. The normalized spacial score (nSPS) is 12.8. The van der Waals surface area contributed by atoms with E-state index in [9.17, 15) is 0 Å². The van der Waals surface area contributed by atoms with E-state index >= 15 is 0 Å². The Kier molecular flexibility index (Phi) is 8.73. The molecular formula is C64H41N5. The molecule has 3 heterocycles. The van der Waals surface area contributed by atoms with E-state index in [1.54, 1.807) is 0 Å². The molecule has 0 radical (unpaired) electrons. The molecule has 0 aliphatic heterocycles. The molecule has 5 nitrogen and oxygen atoms in total. The van der Waals surface area contributed by atoms with Crippen LogP contribution in [0, 0.1) is 0 Å². The Hall–Kier alpha value is -9.19. The van der Waals surface area contributed by atoms with Crippen molar-refractivity contribution in [2.75, 3.05) is 0 Å². The maximum Gasteiger partial charge on any atom is 0.238 e. The Morgan fingerprint density at radius 1 is 0.304 bits per heavy atom. The van der Waals surface area contributed by atoms with Crippen molar-refractivity contribution in [2.45, 2.75) is 5.41 Å². The molecular weight excluding hydrogens is 839 g/mol. The number of nitrogens with zero attached hydrogens (tertiary/aromatic N) is 5. The number of aromatic nitrogens is 5. The summed E-state index contributed by atoms with van der Waals surface area (Å²) in [5.74, 6) is 1.75. The molecule has 0 amide bonds. The fourth-order valence-corrected chi connectivity index (χ4v) is 11.3. The summed E-state index contributed by atoms with van der Waals surface area (Å²) < 4.78 is 4.71. The predicted octanol–water partition coefficient (Wildman–Crippen LogP) is 15.4. The van der Waals surface area contributed by atoms with Crippen LogP contribution in [0.15, 0.2) is 249 Å². The van der Waals surface area contributed by atoms with E-state index < -0.39 is 5.41 Å². The van der Waals surface area contributed by atoms with Crippen LogP contribution in [-0.2, 0) is 5.41 Å². The summed E-state index contributed by atoms with van der Waals surface area (Å²) in [6.07, 6.45) is 0. The van der Waals surface area contributed by atoms with Crippen LogP contribution >= 0.6 is 0 Å². The van der Waals surface area contributed by atoms with Crippen molar-refractivity contribution in [3.63, 3.8) is 0 Å². The van der Waals surface area contributed by atoms with Crippen LogP contribution in [0.5, 0.6) is 0 Å². The lowest BCUT2D eigenvalue weighted by molar-refractivity contribution is 0.768. The van der Waals surface area contributed by atoms with E-state index in [1.165, 1.54) is 44.3 Å². The molecule has 0 spiro atoms. The monoisotopic (exact) mass is 879 g/mol. The molecule has 0 saturated heterocycles. The van der Waals surface area contributed by atoms with Crippen molar-refractivity contribution >= 4 is 43.6 Å². The van der Waals surface area contributed by atoms with Crippen molar-refractivity contribution in [1.29, 1.82) is 0 Å². The first-order valence-corrected chi connectivity index (χ1v) is 23.5. The first kappa shape index (κ1) is 39.0. The first-order chi connectivity index (χ1) is 34.2. The van der Waals surface area contributed by atoms with E-state index in [0.29, 0.717) is 17.6 Å². The lowest BCUT2D eigenvalue weighted by atomic mass is 9.67. The van der Waals surface area contributed by atoms with E-state index in [1.807, 2.05) is 18.2 Å². The summed E-state index contributed by atoms with van der Waals surface area (Å²) in [7, 11) is 0. The molecule has 1 aliphatic rings. The molecule has 69 heavy (non-hydrogen) atoms. The number of rotatable bonds is 7. The highest BCUT2D eigenvalue weighted by Gasteiger charge is 2.46. The highest BCUT2D eigenvalue weighted by atomic mass is 15.2. The van der Waals surface area contributed by atoms with E-state index in [0.717, 1.165) is 60.6 Å². The van der Waals surface area contributed by atoms with Gasteiger partial charge < -0.3 is 4.57 Å². The molecule has 10 aromatic carbocycles. The Balaban J connectivity index is 1.07. The minimum absolute atomic E-state index is 0.550. The predicted molar refractivity (Wildman–Crippen MR) is 282 cm³/mol. The largest absolute Gasteiger partial charge is 0.307 e. The van der Waals surface area contributed by atoms with E-state index in [-0.39, 0.29) is 0 Å². The van der Waals surface area contributed by atoms with Gasteiger partial charge in [0.05, 0.1) is 27.5 Å². The highest BCUT2D eigenvalue weighted by molar-refractivity contribution is 6.23. The molecule has 5 heteroatoms. The van der Waals surface area contributed by atoms with Gasteiger partial charge in [-0.1, -0.05) is 218 Å². The average Bonchev–Trinajstić information content (AvgIpc) is 4.06. The quantitative estimate of drug-likeness (QED) is 0.160. The van der Waals surface area contributed by atoms with Gasteiger partial charge in [-0.25, -0.2) is 4.98 Å². The molecule has 322 valence electrons.